The SMILES string of the molecule is C=CCN1C[C@H](C)C[C@](C)(O)[C@H](O[C@@H]2O[C@H](C)C[C@H](N(C)C)[C@H]2O)[C@@H](C)[C@H](O[C@H]2C[C@@](C)(OC)[C@@H](O)[C@H](C)O2)[C@@H](C)C(=O)O[C@H](CC)[C@@](C)(O)C[C@@H]1C. The molecule has 0 aliphatic carbocycles. The zero-order chi connectivity index (χ0) is 40.2. The van der Waals surface area contributed by atoms with Gasteiger partial charge >= 0.3 is 5.97 Å². The lowest BCUT2D eigenvalue weighted by Gasteiger charge is -2.48. The Morgan fingerprint density at radius 3 is 2.19 bits per heavy atom. The maximum atomic E-state index is 14.3. The van der Waals surface area contributed by atoms with Gasteiger partial charge in [-0.1, -0.05) is 26.8 Å². The molecule has 0 amide bonds. The molecule has 0 radical (unpaired) electrons. The van der Waals surface area contributed by atoms with Gasteiger partial charge in [-0.2, -0.15) is 0 Å². The molecule has 0 bridgehead atoms. The molecule has 53 heavy (non-hydrogen) atoms. The van der Waals surface area contributed by atoms with Crippen molar-refractivity contribution in [2.45, 2.75) is 186 Å². The Hall–Kier alpha value is -1.23. The van der Waals surface area contributed by atoms with Gasteiger partial charge in [0.25, 0.3) is 0 Å². The molecule has 3 rings (SSSR count). The van der Waals surface area contributed by atoms with E-state index in [4.69, 9.17) is 28.4 Å². The number of likely N-dealkylation sites (N-methyl/N-ethyl adjacent to an activating group) is 1. The number of ether oxygens (including phenoxy) is 6. The molecule has 13 heteroatoms. The van der Waals surface area contributed by atoms with Gasteiger partial charge in [-0.05, 0) is 94.2 Å². The summed E-state index contributed by atoms with van der Waals surface area (Å²) in [5.74, 6) is -2.28. The largest absolute Gasteiger partial charge is 0.459 e. The molecule has 3 aliphatic rings. The number of hydrogen-bond acceptors (Lipinski definition) is 13. The summed E-state index contributed by atoms with van der Waals surface area (Å²) in [6, 6.07) is -0.368. The quantitative estimate of drug-likeness (QED) is 0.200. The molecular weight excluding hydrogens is 684 g/mol. The number of methoxy groups -OCH3 is 1. The second-order valence-corrected chi connectivity index (χ2v) is 17.5. The molecule has 310 valence electrons. The Labute approximate surface area is 319 Å². The van der Waals surface area contributed by atoms with E-state index in [2.05, 4.69) is 18.4 Å². The number of nitrogens with zero attached hydrogens (tertiary/aromatic N) is 2. The first-order valence-electron chi connectivity index (χ1n) is 19.7. The maximum absolute atomic E-state index is 14.3. The smallest absolute Gasteiger partial charge is 0.311 e. The summed E-state index contributed by atoms with van der Waals surface area (Å²) in [5, 5.41) is 47.0. The molecule has 4 N–H and O–H groups in total. The molecule has 13 nitrogen and oxygen atoms in total. The number of carbonyl (C=O) groups is 1. The van der Waals surface area contributed by atoms with Crippen LogP contribution in [0, 0.1) is 17.8 Å². The summed E-state index contributed by atoms with van der Waals surface area (Å²) >= 11 is 0. The number of aliphatic hydroxyl groups excluding tert-OH is 2. The Kier molecular flexibility index (Phi) is 16.4. The van der Waals surface area contributed by atoms with E-state index < -0.39 is 83.8 Å². The number of aliphatic hydroxyl groups is 4. The normalized spacial score (nSPS) is 47.4. The zero-order valence-corrected chi connectivity index (χ0v) is 34.9. The Morgan fingerprint density at radius 1 is 0.981 bits per heavy atom. The fraction of sp³-hybridized carbons (Fsp3) is 0.925. The lowest BCUT2D eigenvalue weighted by atomic mass is 9.77. The number of esters is 1. The highest BCUT2D eigenvalue weighted by Crippen LogP contribution is 2.40. The Balaban J connectivity index is 2.18. The van der Waals surface area contributed by atoms with Crippen LogP contribution < -0.4 is 0 Å². The predicted molar refractivity (Wildman–Crippen MR) is 202 cm³/mol. The minimum atomic E-state index is -1.51. The fourth-order valence-electron chi connectivity index (χ4n) is 9.05. The lowest BCUT2D eigenvalue weighted by Crippen LogP contribution is -2.60. The Bertz CT molecular complexity index is 1170. The standard InChI is InChI=1S/C40H74N2O11/c1-15-17-42-22-23(3)19-39(10,47)35(53-37-32(43)29(41(12)13)18-25(5)49-37)26(6)33(52-31-21-40(11,48-14)34(44)28(8)50-31)27(7)36(45)51-30(16-2)38(9,46)20-24(42)4/h15,23-35,37,43-44,46-47H,1,16-22H2,2-14H3/t23-,24+,25-,26+,27-,28+,29+,30-,31+,32-,33+,34+,35-,37+,38+,39+,40-/m1/s1. The number of carbonyl (C=O) groups excluding carboxylic acids is 1. The fourth-order valence-corrected chi connectivity index (χ4v) is 9.05. The predicted octanol–water partition coefficient (Wildman–Crippen LogP) is 3.49. The van der Waals surface area contributed by atoms with Gasteiger partial charge < -0.3 is 53.7 Å². The molecule has 3 aliphatic heterocycles. The first-order valence-corrected chi connectivity index (χ1v) is 19.7. The molecule has 0 unspecified atom stereocenters. The summed E-state index contributed by atoms with van der Waals surface area (Å²) in [4.78, 5) is 18.4. The number of hydrogen-bond donors (Lipinski definition) is 4. The molecule has 0 aromatic heterocycles. The van der Waals surface area contributed by atoms with Crippen molar-refractivity contribution in [1.82, 2.24) is 9.80 Å². The summed E-state index contributed by atoms with van der Waals surface area (Å²) in [5.41, 5.74) is -3.86. The third-order valence-electron chi connectivity index (χ3n) is 12.1. The average Bonchev–Trinajstić information content (AvgIpc) is 3.06. The molecule has 3 heterocycles. The highest BCUT2D eigenvalue weighted by molar-refractivity contribution is 5.73. The molecule has 0 aromatic carbocycles. The maximum Gasteiger partial charge on any atom is 0.311 e. The highest BCUT2D eigenvalue weighted by atomic mass is 16.7. The second-order valence-electron chi connectivity index (χ2n) is 17.5. The van der Waals surface area contributed by atoms with Crippen LogP contribution in [0.15, 0.2) is 12.7 Å². The minimum Gasteiger partial charge on any atom is -0.459 e. The van der Waals surface area contributed by atoms with E-state index in [0.717, 1.165) is 0 Å². The van der Waals surface area contributed by atoms with Crippen LogP contribution >= 0.6 is 0 Å². The average molecular weight is 759 g/mol. The minimum absolute atomic E-state index is 0.0607. The van der Waals surface area contributed by atoms with E-state index in [0.29, 0.717) is 38.8 Å². The van der Waals surface area contributed by atoms with Gasteiger partial charge in [0, 0.05) is 44.6 Å². The topological polar surface area (TPSA) is 160 Å². The summed E-state index contributed by atoms with van der Waals surface area (Å²) < 4.78 is 37.9. The van der Waals surface area contributed by atoms with E-state index in [1.807, 2.05) is 52.8 Å². The zero-order valence-electron chi connectivity index (χ0n) is 34.9. The van der Waals surface area contributed by atoms with Crippen LogP contribution in [0.3, 0.4) is 0 Å². The number of cyclic esters (lactones) is 1. The second kappa shape index (κ2) is 18.8. The van der Waals surface area contributed by atoms with Crippen molar-refractivity contribution >= 4 is 5.97 Å². The van der Waals surface area contributed by atoms with Crippen LogP contribution in [0.5, 0.6) is 0 Å². The molecule has 0 aromatic rings. The molecular formula is C40H74N2O11. The van der Waals surface area contributed by atoms with E-state index >= 15 is 0 Å². The van der Waals surface area contributed by atoms with Crippen molar-refractivity contribution in [3.63, 3.8) is 0 Å². The van der Waals surface area contributed by atoms with Gasteiger partial charge in [-0.25, -0.2) is 0 Å². The van der Waals surface area contributed by atoms with Gasteiger partial charge in [-0.3, -0.25) is 9.69 Å². The van der Waals surface area contributed by atoms with E-state index in [1.165, 1.54) is 7.11 Å². The highest BCUT2D eigenvalue weighted by Gasteiger charge is 2.52. The molecule has 0 saturated carbocycles. The van der Waals surface area contributed by atoms with Crippen molar-refractivity contribution < 1.29 is 53.6 Å². The van der Waals surface area contributed by atoms with Crippen molar-refractivity contribution in [3.05, 3.63) is 12.7 Å². The summed E-state index contributed by atoms with van der Waals surface area (Å²) in [6.45, 7) is 23.5. The third-order valence-corrected chi connectivity index (χ3v) is 12.1. The van der Waals surface area contributed by atoms with Crippen LogP contribution in [0.4, 0.5) is 0 Å². The monoisotopic (exact) mass is 759 g/mol. The van der Waals surface area contributed by atoms with E-state index in [9.17, 15) is 25.2 Å². The van der Waals surface area contributed by atoms with E-state index in [-0.39, 0.29) is 30.5 Å². The number of rotatable bonds is 9. The molecule has 17 atom stereocenters. The van der Waals surface area contributed by atoms with Gasteiger partial charge in [0.2, 0.25) is 0 Å². The van der Waals surface area contributed by atoms with Gasteiger partial charge in [0.05, 0.1) is 41.5 Å². The lowest BCUT2D eigenvalue weighted by molar-refractivity contribution is -0.318. The molecule has 3 saturated heterocycles. The first-order chi connectivity index (χ1) is 24.5. The van der Waals surface area contributed by atoms with Crippen molar-refractivity contribution in [3.8, 4) is 0 Å². The van der Waals surface area contributed by atoms with Gasteiger partial charge in [0.15, 0.2) is 12.6 Å². The van der Waals surface area contributed by atoms with Gasteiger partial charge in [0.1, 0.15) is 23.9 Å². The van der Waals surface area contributed by atoms with Crippen LogP contribution in [-0.2, 0) is 33.2 Å². The van der Waals surface area contributed by atoms with Crippen molar-refractivity contribution in [1.29, 1.82) is 0 Å². The van der Waals surface area contributed by atoms with Crippen molar-refractivity contribution in [2.75, 3.05) is 34.3 Å². The summed E-state index contributed by atoms with van der Waals surface area (Å²) in [7, 11) is 5.33. The van der Waals surface area contributed by atoms with Crippen LogP contribution in [-0.4, -0.2) is 155 Å². The van der Waals surface area contributed by atoms with Crippen molar-refractivity contribution in [2.24, 2.45) is 17.8 Å². The molecule has 3 fully saturated rings. The molecule has 0 spiro atoms. The van der Waals surface area contributed by atoms with Crippen LogP contribution in [0.1, 0.15) is 101 Å². The van der Waals surface area contributed by atoms with Crippen LogP contribution in [0.2, 0.25) is 0 Å². The van der Waals surface area contributed by atoms with Gasteiger partial charge in [-0.15, -0.1) is 6.58 Å². The first kappa shape index (κ1) is 46.2. The Morgan fingerprint density at radius 2 is 1.62 bits per heavy atom. The van der Waals surface area contributed by atoms with E-state index in [1.54, 1.807) is 34.6 Å². The third kappa shape index (κ3) is 11.2. The summed E-state index contributed by atoms with van der Waals surface area (Å²) in [6.07, 6.45) is -4.02. The van der Waals surface area contributed by atoms with Crippen LogP contribution in [0.25, 0.3) is 0 Å².